The second kappa shape index (κ2) is 5.80. The van der Waals surface area contributed by atoms with Crippen LogP contribution in [-0.2, 0) is 12.0 Å². The van der Waals surface area contributed by atoms with E-state index in [0.29, 0.717) is 0 Å². The minimum Gasteiger partial charge on any atom is -0.391 e. The largest absolute Gasteiger partial charge is 0.391 e. The Morgan fingerprint density at radius 2 is 1.95 bits per heavy atom. The van der Waals surface area contributed by atoms with Gasteiger partial charge in [0.2, 0.25) is 0 Å². The molecule has 1 aromatic heterocycles. The molecule has 1 aliphatic carbocycles. The molecule has 0 aromatic carbocycles. The van der Waals surface area contributed by atoms with Crippen molar-refractivity contribution in [3.63, 3.8) is 0 Å². The van der Waals surface area contributed by atoms with E-state index in [1.807, 2.05) is 0 Å². The number of anilines is 1. The number of hydrogen-bond acceptors (Lipinski definition) is 4. The lowest BCUT2D eigenvalue weighted by Gasteiger charge is -2.20. The standard InChI is InChI=1S/C15H26N2OS/c1-15(2,3)13-12(10-18)19-14(16-13)17(4)9-11-7-5-6-8-11/h11,18H,5-10H2,1-4H3. The van der Waals surface area contributed by atoms with Crippen LogP contribution < -0.4 is 4.90 Å². The van der Waals surface area contributed by atoms with Crippen molar-refractivity contribution in [1.29, 1.82) is 0 Å². The van der Waals surface area contributed by atoms with Crippen LogP contribution in [0.1, 0.15) is 57.0 Å². The molecule has 1 saturated carbocycles. The van der Waals surface area contributed by atoms with E-state index in [-0.39, 0.29) is 12.0 Å². The van der Waals surface area contributed by atoms with Crippen molar-refractivity contribution in [3.8, 4) is 0 Å². The van der Waals surface area contributed by atoms with Crippen LogP contribution >= 0.6 is 11.3 Å². The van der Waals surface area contributed by atoms with E-state index in [4.69, 9.17) is 4.98 Å². The van der Waals surface area contributed by atoms with Gasteiger partial charge in [-0.3, -0.25) is 0 Å². The van der Waals surface area contributed by atoms with Gasteiger partial charge in [0.1, 0.15) is 0 Å². The molecule has 0 amide bonds. The highest BCUT2D eigenvalue weighted by Crippen LogP contribution is 2.34. The molecular weight excluding hydrogens is 256 g/mol. The van der Waals surface area contributed by atoms with Crippen molar-refractivity contribution < 1.29 is 5.11 Å². The molecule has 0 radical (unpaired) electrons. The third kappa shape index (κ3) is 3.48. The van der Waals surface area contributed by atoms with Crippen LogP contribution in [0.5, 0.6) is 0 Å². The van der Waals surface area contributed by atoms with Crippen molar-refractivity contribution in [3.05, 3.63) is 10.6 Å². The third-order valence-corrected chi connectivity index (χ3v) is 5.03. The molecule has 1 heterocycles. The fourth-order valence-electron chi connectivity index (χ4n) is 2.85. The molecule has 0 bridgehead atoms. The van der Waals surface area contributed by atoms with Gasteiger partial charge in [-0.1, -0.05) is 44.9 Å². The Morgan fingerprint density at radius 1 is 1.32 bits per heavy atom. The highest BCUT2D eigenvalue weighted by atomic mass is 32.1. The van der Waals surface area contributed by atoms with Crippen LogP contribution in [0.25, 0.3) is 0 Å². The maximum atomic E-state index is 9.51. The fourth-order valence-corrected chi connectivity index (χ4v) is 3.95. The Bertz CT molecular complexity index is 416. The van der Waals surface area contributed by atoms with E-state index in [0.717, 1.165) is 28.2 Å². The first kappa shape index (κ1) is 14.8. The van der Waals surface area contributed by atoms with E-state index in [1.54, 1.807) is 11.3 Å². The fraction of sp³-hybridized carbons (Fsp3) is 0.800. The maximum absolute atomic E-state index is 9.51. The molecule has 0 atom stereocenters. The van der Waals surface area contributed by atoms with Crippen LogP contribution in [0.15, 0.2) is 0 Å². The molecule has 0 aliphatic heterocycles. The van der Waals surface area contributed by atoms with Gasteiger partial charge in [-0.15, -0.1) is 0 Å². The van der Waals surface area contributed by atoms with E-state index in [2.05, 4.69) is 32.7 Å². The molecule has 3 nitrogen and oxygen atoms in total. The highest BCUT2D eigenvalue weighted by molar-refractivity contribution is 7.15. The zero-order valence-corrected chi connectivity index (χ0v) is 13.4. The van der Waals surface area contributed by atoms with Crippen molar-refractivity contribution in [2.75, 3.05) is 18.5 Å². The predicted octanol–water partition coefficient (Wildman–Crippen LogP) is 3.56. The maximum Gasteiger partial charge on any atom is 0.185 e. The van der Waals surface area contributed by atoms with Crippen LogP contribution in [0.2, 0.25) is 0 Å². The van der Waals surface area contributed by atoms with Crippen LogP contribution in [0.4, 0.5) is 5.13 Å². The van der Waals surface area contributed by atoms with Crippen molar-refractivity contribution in [2.24, 2.45) is 5.92 Å². The molecule has 1 fully saturated rings. The first-order valence-corrected chi connectivity index (χ1v) is 8.05. The zero-order valence-electron chi connectivity index (χ0n) is 12.6. The number of hydrogen-bond donors (Lipinski definition) is 1. The molecule has 2 rings (SSSR count). The summed E-state index contributed by atoms with van der Waals surface area (Å²) in [6.45, 7) is 7.66. The number of aromatic nitrogens is 1. The SMILES string of the molecule is CN(CC1CCCC1)c1nc(C(C)(C)C)c(CO)s1. The van der Waals surface area contributed by atoms with E-state index in [1.165, 1.54) is 25.7 Å². The van der Waals surface area contributed by atoms with Crippen molar-refractivity contribution in [2.45, 2.75) is 58.5 Å². The molecule has 1 N–H and O–H groups in total. The lowest BCUT2D eigenvalue weighted by atomic mass is 9.91. The van der Waals surface area contributed by atoms with Crippen molar-refractivity contribution >= 4 is 16.5 Å². The predicted molar refractivity (Wildman–Crippen MR) is 82.0 cm³/mol. The monoisotopic (exact) mass is 282 g/mol. The van der Waals surface area contributed by atoms with Gasteiger partial charge in [-0.2, -0.15) is 0 Å². The number of aliphatic hydroxyl groups is 1. The third-order valence-electron chi connectivity index (χ3n) is 3.87. The lowest BCUT2D eigenvalue weighted by molar-refractivity contribution is 0.282. The van der Waals surface area contributed by atoms with Gasteiger partial charge in [0.25, 0.3) is 0 Å². The lowest BCUT2D eigenvalue weighted by Crippen LogP contribution is -2.24. The number of rotatable bonds is 4. The second-order valence-electron chi connectivity index (χ2n) is 6.71. The normalized spacial score (nSPS) is 17.1. The van der Waals surface area contributed by atoms with Crippen LogP contribution in [0, 0.1) is 5.92 Å². The van der Waals surface area contributed by atoms with Gasteiger partial charge in [-0.05, 0) is 18.8 Å². The Labute approximate surface area is 120 Å². The average molecular weight is 282 g/mol. The Morgan fingerprint density at radius 3 is 2.42 bits per heavy atom. The summed E-state index contributed by atoms with van der Waals surface area (Å²) in [6, 6.07) is 0. The zero-order chi connectivity index (χ0) is 14.0. The summed E-state index contributed by atoms with van der Waals surface area (Å²) in [6.07, 6.45) is 5.47. The molecule has 0 spiro atoms. The number of aliphatic hydroxyl groups excluding tert-OH is 1. The van der Waals surface area contributed by atoms with Gasteiger partial charge in [0, 0.05) is 19.0 Å². The minimum atomic E-state index is 0.00100. The van der Waals surface area contributed by atoms with Crippen molar-refractivity contribution in [1.82, 2.24) is 4.98 Å². The minimum absolute atomic E-state index is 0.00100. The van der Waals surface area contributed by atoms with Gasteiger partial charge in [0.05, 0.1) is 17.2 Å². The molecule has 1 aliphatic rings. The smallest absolute Gasteiger partial charge is 0.185 e. The molecule has 1 aromatic rings. The highest BCUT2D eigenvalue weighted by Gasteiger charge is 2.25. The Hall–Kier alpha value is -0.610. The van der Waals surface area contributed by atoms with Gasteiger partial charge in [0.15, 0.2) is 5.13 Å². The summed E-state index contributed by atoms with van der Waals surface area (Å²) in [5.74, 6) is 0.824. The number of nitrogens with zero attached hydrogens (tertiary/aromatic N) is 2. The second-order valence-corrected chi connectivity index (χ2v) is 7.77. The molecule has 0 saturated heterocycles. The Kier molecular flexibility index (Phi) is 4.51. The molecule has 108 valence electrons. The summed E-state index contributed by atoms with van der Waals surface area (Å²) in [5, 5.41) is 10.6. The summed E-state index contributed by atoms with van der Waals surface area (Å²) in [4.78, 5) is 8.07. The van der Waals surface area contributed by atoms with Gasteiger partial charge >= 0.3 is 0 Å². The molecular formula is C15H26N2OS. The molecule has 19 heavy (non-hydrogen) atoms. The molecule has 4 heteroatoms. The van der Waals surface area contributed by atoms with Crippen LogP contribution in [-0.4, -0.2) is 23.7 Å². The quantitative estimate of drug-likeness (QED) is 0.917. The summed E-state index contributed by atoms with van der Waals surface area (Å²) in [5.41, 5.74) is 1.05. The van der Waals surface area contributed by atoms with Crippen LogP contribution in [0.3, 0.4) is 0 Å². The average Bonchev–Trinajstić information content (AvgIpc) is 2.95. The summed E-state index contributed by atoms with van der Waals surface area (Å²) < 4.78 is 0. The number of thiazole rings is 1. The summed E-state index contributed by atoms with van der Waals surface area (Å²) in [7, 11) is 2.13. The van der Waals surface area contributed by atoms with Gasteiger partial charge in [-0.25, -0.2) is 4.98 Å². The summed E-state index contributed by atoms with van der Waals surface area (Å²) >= 11 is 1.64. The molecule has 0 unspecified atom stereocenters. The van der Waals surface area contributed by atoms with E-state index in [9.17, 15) is 5.11 Å². The first-order valence-electron chi connectivity index (χ1n) is 7.24. The Balaban J connectivity index is 2.13. The first-order chi connectivity index (χ1) is 8.91. The van der Waals surface area contributed by atoms with Gasteiger partial charge < -0.3 is 10.0 Å². The van der Waals surface area contributed by atoms with E-state index < -0.39 is 0 Å². The van der Waals surface area contributed by atoms with E-state index >= 15 is 0 Å². The topological polar surface area (TPSA) is 36.4 Å².